The Hall–Kier alpha value is -2.52. The summed E-state index contributed by atoms with van der Waals surface area (Å²) < 4.78 is 0.946. The minimum Gasteiger partial charge on any atom is -0.384 e. The fourth-order valence-corrected chi connectivity index (χ4v) is 1.44. The Morgan fingerprint density at radius 1 is 1.18 bits per heavy atom. The molecule has 1 heterocycles. The van der Waals surface area contributed by atoms with Crippen LogP contribution in [0.1, 0.15) is 5.56 Å². The van der Waals surface area contributed by atoms with Gasteiger partial charge in [-0.3, -0.25) is 0 Å². The summed E-state index contributed by atoms with van der Waals surface area (Å²) in [6, 6.07) is 6.69. The van der Waals surface area contributed by atoms with Crippen LogP contribution in [0.2, 0.25) is 0 Å². The van der Waals surface area contributed by atoms with Crippen LogP contribution in [-0.4, -0.2) is 26.5 Å². The molecule has 0 aliphatic rings. The Bertz CT molecular complexity index is 669. The van der Waals surface area contributed by atoms with Crippen LogP contribution < -0.4 is 11.4 Å². The van der Waals surface area contributed by atoms with Crippen LogP contribution >= 0.6 is 0 Å². The first-order valence-electron chi connectivity index (χ1n) is 4.83. The van der Waals surface area contributed by atoms with Gasteiger partial charge in [0.1, 0.15) is 6.61 Å². The maximum Gasteiger partial charge on any atom is 0.349 e. The van der Waals surface area contributed by atoms with Crippen LogP contribution in [-0.2, 0) is 0 Å². The number of aliphatic hydroxyl groups is 1. The van der Waals surface area contributed by atoms with Gasteiger partial charge in [-0.15, -0.1) is 0 Å². The lowest BCUT2D eigenvalue weighted by atomic mass is 10.2. The van der Waals surface area contributed by atoms with E-state index in [9.17, 15) is 9.59 Å². The number of aromatic nitrogens is 3. The van der Waals surface area contributed by atoms with Crippen molar-refractivity contribution in [3.05, 3.63) is 50.8 Å². The predicted molar refractivity (Wildman–Crippen MR) is 61.0 cm³/mol. The highest BCUT2D eigenvalue weighted by molar-refractivity contribution is 5.50. The van der Waals surface area contributed by atoms with Crippen molar-refractivity contribution in [1.29, 1.82) is 0 Å². The first-order valence-corrected chi connectivity index (χ1v) is 4.83. The van der Waals surface area contributed by atoms with Crippen LogP contribution in [0.25, 0.3) is 5.69 Å². The third-order valence-corrected chi connectivity index (χ3v) is 2.13. The smallest absolute Gasteiger partial charge is 0.349 e. The molecule has 0 bridgehead atoms. The molecule has 0 fully saturated rings. The van der Waals surface area contributed by atoms with Gasteiger partial charge >= 0.3 is 11.4 Å². The van der Waals surface area contributed by atoms with Crippen LogP contribution in [0, 0.1) is 11.8 Å². The van der Waals surface area contributed by atoms with Gasteiger partial charge in [-0.05, 0) is 12.1 Å². The van der Waals surface area contributed by atoms with E-state index in [2.05, 4.69) is 22.0 Å². The molecule has 17 heavy (non-hydrogen) atoms. The van der Waals surface area contributed by atoms with Crippen molar-refractivity contribution in [3.63, 3.8) is 0 Å². The average molecular weight is 231 g/mol. The van der Waals surface area contributed by atoms with Crippen molar-refractivity contribution >= 4 is 0 Å². The second kappa shape index (κ2) is 4.55. The fourth-order valence-electron chi connectivity index (χ4n) is 1.44. The van der Waals surface area contributed by atoms with Crippen molar-refractivity contribution in [3.8, 4) is 17.5 Å². The van der Waals surface area contributed by atoms with Gasteiger partial charge in [-0.1, -0.05) is 24.0 Å². The van der Waals surface area contributed by atoms with E-state index < -0.39 is 11.4 Å². The number of aromatic amines is 2. The summed E-state index contributed by atoms with van der Waals surface area (Å²) in [4.78, 5) is 22.9. The van der Waals surface area contributed by atoms with Gasteiger partial charge in [-0.25, -0.2) is 24.4 Å². The van der Waals surface area contributed by atoms with Gasteiger partial charge in [0.2, 0.25) is 0 Å². The quantitative estimate of drug-likeness (QED) is 0.561. The number of benzene rings is 1. The lowest BCUT2D eigenvalue weighted by molar-refractivity contribution is 0.350. The molecule has 1 aromatic carbocycles. The third-order valence-electron chi connectivity index (χ3n) is 2.13. The molecule has 6 nitrogen and oxygen atoms in total. The Balaban J connectivity index is 2.68. The molecule has 0 saturated heterocycles. The van der Waals surface area contributed by atoms with E-state index in [1.807, 2.05) is 0 Å². The number of H-pyrrole nitrogens is 2. The average Bonchev–Trinajstić information content (AvgIpc) is 2.67. The maximum atomic E-state index is 11.4. The highest BCUT2D eigenvalue weighted by Gasteiger charge is 2.08. The molecular formula is C11H9N3O3. The topological polar surface area (TPSA) is 90.9 Å². The Morgan fingerprint density at radius 2 is 1.82 bits per heavy atom. The first kappa shape index (κ1) is 11.0. The lowest BCUT2D eigenvalue weighted by Gasteiger charge is -2.01. The molecule has 0 saturated carbocycles. The number of nitrogens with zero attached hydrogens (tertiary/aromatic N) is 1. The van der Waals surface area contributed by atoms with E-state index in [1.54, 1.807) is 24.3 Å². The number of nitrogens with one attached hydrogen (secondary N) is 2. The van der Waals surface area contributed by atoms with Gasteiger partial charge in [0, 0.05) is 5.56 Å². The molecule has 86 valence electrons. The minimum atomic E-state index is -0.562. The van der Waals surface area contributed by atoms with E-state index in [-0.39, 0.29) is 6.61 Å². The number of hydrogen-bond donors (Lipinski definition) is 3. The summed E-state index contributed by atoms with van der Waals surface area (Å²) in [6.07, 6.45) is 0. The summed E-state index contributed by atoms with van der Waals surface area (Å²) in [5.74, 6) is 5.15. The Labute approximate surface area is 95.5 Å². The summed E-state index contributed by atoms with van der Waals surface area (Å²) in [5, 5.41) is 13.0. The van der Waals surface area contributed by atoms with Gasteiger partial charge in [0.15, 0.2) is 0 Å². The normalized spacial score (nSPS) is 9.71. The second-order valence-electron chi connectivity index (χ2n) is 3.17. The molecular weight excluding hydrogens is 222 g/mol. The highest BCUT2D eigenvalue weighted by Crippen LogP contribution is 2.08. The van der Waals surface area contributed by atoms with Crippen LogP contribution in [0.3, 0.4) is 0 Å². The Morgan fingerprint density at radius 3 is 2.47 bits per heavy atom. The van der Waals surface area contributed by atoms with E-state index in [0.717, 1.165) is 4.57 Å². The molecule has 2 rings (SSSR count). The van der Waals surface area contributed by atoms with E-state index in [0.29, 0.717) is 11.3 Å². The van der Waals surface area contributed by atoms with Gasteiger partial charge in [0.05, 0.1) is 5.69 Å². The monoisotopic (exact) mass is 231 g/mol. The summed E-state index contributed by atoms with van der Waals surface area (Å²) >= 11 is 0. The molecule has 0 atom stereocenters. The second-order valence-corrected chi connectivity index (χ2v) is 3.17. The van der Waals surface area contributed by atoms with Crippen molar-refractivity contribution in [2.24, 2.45) is 0 Å². The third kappa shape index (κ3) is 2.04. The predicted octanol–water partition coefficient (Wildman–Crippen LogP) is -0.802. The highest BCUT2D eigenvalue weighted by atomic mass is 16.2. The van der Waals surface area contributed by atoms with Crippen molar-refractivity contribution in [1.82, 2.24) is 14.8 Å². The molecule has 6 heteroatoms. The maximum absolute atomic E-state index is 11.4. The van der Waals surface area contributed by atoms with Crippen LogP contribution in [0.5, 0.6) is 0 Å². The van der Waals surface area contributed by atoms with Gasteiger partial charge in [0.25, 0.3) is 0 Å². The van der Waals surface area contributed by atoms with Crippen molar-refractivity contribution in [2.75, 3.05) is 6.61 Å². The number of para-hydroxylation sites is 1. The number of rotatable bonds is 1. The number of aliphatic hydroxyl groups excluding tert-OH is 1. The summed E-state index contributed by atoms with van der Waals surface area (Å²) in [7, 11) is 0. The first-order chi connectivity index (χ1) is 8.24. The minimum absolute atomic E-state index is 0.285. The van der Waals surface area contributed by atoms with E-state index >= 15 is 0 Å². The Kier molecular flexibility index (Phi) is 2.94. The van der Waals surface area contributed by atoms with Crippen molar-refractivity contribution < 1.29 is 5.11 Å². The molecule has 0 unspecified atom stereocenters. The number of hydrogen-bond acceptors (Lipinski definition) is 3. The molecule has 0 amide bonds. The van der Waals surface area contributed by atoms with Crippen molar-refractivity contribution in [2.45, 2.75) is 0 Å². The molecule has 2 aromatic rings. The van der Waals surface area contributed by atoms with E-state index in [4.69, 9.17) is 5.11 Å². The summed E-state index contributed by atoms with van der Waals surface area (Å²) in [6.45, 7) is -0.285. The zero-order valence-corrected chi connectivity index (χ0v) is 8.73. The zero-order valence-electron chi connectivity index (χ0n) is 8.73. The molecule has 3 N–H and O–H groups in total. The molecule has 0 aliphatic heterocycles. The van der Waals surface area contributed by atoms with Gasteiger partial charge < -0.3 is 5.11 Å². The van der Waals surface area contributed by atoms with Crippen LogP contribution in [0.4, 0.5) is 0 Å². The zero-order chi connectivity index (χ0) is 12.3. The van der Waals surface area contributed by atoms with Gasteiger partial charge in [-0.2, -0.15) is 0 Å². The standard InChI is InChI=1S/C11H9N3O3/c15-7-3-5-8-4-1-2-6-9(8)14-10(16)12-13-11(14)17/h1-2,4,6,15H,7H2,(H,12,16)(H,13,17). The molecule has 0 aliphatic carbocycles. The summed E-state index contributed by atoms with van der Waals surface area (Å²) in [5.41, 5.74) is -0.254. The lowest BCUT2D eigenvalue weighted by Crippen LogP contribution is -2.25. The largest absolute Gasteiger partial charge is 0.384 e. The molecule has 0 spiro atoms. The molecule has 1 aromatic heterocycles. The molecule has 0 radical (unpaired) electrons. The van der Waals surface area contributed by atoms with E-state index in [1.165, 1.54) is 0 Å². The fraction of sp³-hybridized carbons (Fsp3) is 0.0909. The SMILES string of the molecule is O=c1[nH][nH]c(=O)n1-c1ccccc1C#CCO. The van der Waals surface area contributed by atoms with Crippen LogP contribution in [0.15, 0.2) is 33.9 Å².